The molecular weight excluding hydrogens is 306 g/mol. The second-order valence-corrected chi connectivity index (χ2v) is 11.2. The van der Waals surface area contributed by atoms with Gasteiger partial charge in [0.2, 0.25) is 0 Å². The fourth-order valence-electron chi connectivity index (χ4n) is 4.97. The fraction of sp³-hybridized carbons (Fsp3) is 0.700. The van der Waals surface area contributed by atoms with Crippen LogP contribution in [0.4, 0.5) is 8.78 Å². The van der Waals surface area contributed by atoms with Gasteiger partial charge in [-0.15, -0.1) is 0 Å². The van der Waals surface area contributed by atoms with Crippen molar-refractivity contribution in [2.45, 2.75) is 69.0 Å². The molecule has 1 saturated carbocycles. The van der Waals surface area contributed by atoms with E-state index in [1.807, 2.05) is 12.1 Å². The van der Waals surface area contributed by atoms with Crippen LogP contribution in [0.25, 0.3) is 0 Å². The third-order valence-electron chi connectivity index (χ3n) is 6.42. The Balaban J connectivity index is 1.43. The highest BCUT2D eigenvalue weighted by atomic mass is 28.3. The van der Waals surface area contributed by atoms with Crippen molar-refractivity contribution in [2.75, 3.05) is 6.67 Å². The van der Waals surface area contributed by atoms with Gasteiger partial charge < -0.3 is 0 Å². The summed E-state index contributed by atoms with van der Waals surface area (Å²) in [4.78, 5) is 0. The Bertz CT molecular complexity index is 457. The molecule has 2 fully saturated rings. The molecule has 1 aliphatic heterocycles. The van der Waals surface area contributed by atoms with Crippen molar-refractivity contribution in [3.63, 3.8) is 0 Å². The maximum Gasteiger partial charge on any atom is 0.123 e. The molecule has 1 saturated heterocycles. The summed E-state index contributed by atoms with van der Waals surface area (Å²) >= 11 is 0. The van der Waals surface area contributed by atoms with Gasteiger partial charge in [0.15, 0.2) is 0 Å². The van der Waals surface area contributed by atoms with Gasteiger partial charge in [-0.3, -0.25) is 4.39 Å². The quantitative estimate of drug-likeness (QED) is 0.570. The van der Waals surface area contributed by atoms with Gasteiger partial charge >= 0.3 is 0 Å². The average Bonchev–Trinajstić information content (AvgIpc) is 2.61. The van der Waals surface area contributed by atoms with Crippen LogP contribution < -0.4 is 0 Å². The van der Waals surface area contributed by atoms with Crippen molar-refractivity contribution in [3.05, 3.63) is 35.6 Å². The summed E-state index contributed by atoms with van der Waals surface area (Å²) < 4.78 is 25.4. The summed E-state index contributed by atoms with van der Waals surface area (Å²) in [6.45, 7) is -0.111. The molecule has 0 amide bonds. The first-order valence-electron chi connectivity index (χ1n) is 9.57. The number of hydrogen-bond acceptors (Lipinski definition) is 0. The topological polar surface area (TPSA) is 0 Å². The molecule has 1 aromatic carbocycles. The van der Waals surface area contributed by atoms with Crippen LogP contribution in [0, 0.1) is 17.7 Å². The Morgan fingerprint density at radius 3 is 2.09 bits per heavy atom. The predicted octanol–water partition coefficient (Wildman–Crippen LogP) is 6.10. The van der Waals surface area contributed by atoms with E-state index in [2.05, 4.69) is 0 Å². The number of hydrogen-bond donors (Lipinski definition) is 0. The first kappa shape index (κ1) is 17.1. The standard InChI is InChI=1S/C20H30F2Si/c21-12-1-13-23-14-10-19(11-15-23)17-4-2-16(3-5-17)18-6-8-20(22)9-7-18/h6-9,16-17,19,23H,1-5,10-15H2. The molecule has 0 unspecified atom stereocenters. The first-order valence-corrected chi connectivity index (χ1v) is 12.0. The molecule has 1 heterocycles. The van der Waals surface area contributed by atoms with Gasteiger partial charge in [0, 0.05) is 8.80 Å². The van der Waals surface area contributed by atoms with E-state index in [1.165, 1.54) is 62.2 Å². The zero-order valence-electron chi connectivity index (χ0n) is 14.2. The normalized spacial score (nSPS) is 31.9. The van der Waals surface area contributed by atoms with Crippen LogP contribution in [0.5, 0.6) is 0 Å². The Labute approximate surface area is 141 Å². The van der Waals surface area contributed by atoms with Gasteiger partial charge in [-0.05, 0) is 67.6 Å². The maximum absolute atomic E-state index is 13.1. The SMILES string of the molecule is FCCC[SiH]1CCC(C2CCC(c3ccc(F)cc3)CC2)CC1. The van der Waals surface area contributed by atoms with E-state index in [1.54, 1.807) is 12.1 Å². The van der Waals surface area contributed by atoms with Crippen LogP contribution in [0.2, 0.25) is 18.1 Å². The minimum absolute atomic E-state index is 0.111. The molecule has 3 rings (SSSR count). The fourth-order valence-corrected chi connectivity index (χ4v) is 8.37. The van der Waals surface area contributed by atoms with E-state index in [0.717, 1.165) is 18.3 Å². The Kier molecular flexibility index (Phi) is 6.26. The maximum atomic E-state index is 13.1. The van der Waals surface area contributed by atoms with Crippen LogP contribution in [-0.4, -0.2) is 15.5 Å². The van der Waals surface area contributed by atoms with E-state index in [0.29, 0.717) is 5.92 Å². The zero-order chi connectivity index (χ0) is 16.1. The summed E-state index contributed by atoms with van der Waals surface area (Å²) in [5, 5.41) is 0. The van der Waals surface area contributed by atoms with Crippen molar-refractivity contribution in [1.82, 2.24) is 0 Å². The van der Waals surface area contributed by atoms with E-state index in [-0.39, 0.29) is 12.5 Å². The van der Waals surface area contributed by atoms with Crippen LogP contribution in [0.3, 0.4) is 0 Å². The van der Waals surface area contributed by atoms with Crippen molar-refractivity contribution >= 4 is 8.80 Å². The number of benzene rings is 1. The van der Waals surface area contributed by atoms with Crippen LogP contribution >= 0.6 is 0 Å². The van der Waals surface area contributed by atoms with Crippen LogP contribution in [0.15, 0.2) is 24.3 Å². The van der Waals surface area contributed by atoms with Gasteiger partial charge in [-0.2, -0.15) is 0 Å². The number of halogens is 2. The van der Waals surface area contributed by atoms with Crippen molar-refractivity contribution < 1.29 is 8.78 Å². The van der Waals surface area contributed by atoms with Gasteiger partial charge in [0.25, 0.3) is 0 Å². The minimum Gasteiger partial charge on any atom is -0.251 e. The van der Waals surface area contributed by atoms with E-state index < -0.39 is 8.80 Å². The van der Waals surface area contributed by atoms with Gasteiger partial charge in [-0.1, -0.05) is 43.1 Å². The second-order valence-electron chi connectivity index (χ2n) is 7.78. The molecular formula is C20H30F2Si. The summed E-state index contributed by atoms with van der Waals surface area (Å²) in [7, 11) is -0.578. The highest BCUT2D eigenvalue weighted by Crippen LogP contribution is 2.43. The molecule has 3 heteroatoms. The molecule has 0 N–H and O–H groups in total. The molecule has 0 radical (unpaired) electrons. The Morgan fingerprint density at radius 1 is 0.870 bits per heavy atom. The molecule has 23 heavy (non-hydrogen) atoms. The van der Waals surface area contributed by atoms with E-state index in [4.69, 9.17) is 0 Å². The smallest absolute Gasteiger partial charge is 0.123 e. The minimum atomic E-state index is -0.578. The zero-order valence-corrected chi connectivity index (χ0v) is 15.3. The Hall–Kier alpha value is -0.703. The lowest BCUT2D eigenvalue weighted by Gasteiger charge is -2.37. The van der Waals surface area contributed by atoms with Gasteiger partial charge in [-0.25, -0.2) is 4.39 Å². The lowest BCUT2D eigenvalue weighted by molar-refractivity contribution is 0.216. The molecule has 128 valence electrons. The van der Waals surface area contributed by atoms with Crippen molar-refractivity contribution in [2.24, 2.45) is 11.8 Å². The predicted molar refractivity (Wildman–Crippen MR) is 96.0 cm³/mol. The highest BCUT2D eigenvalue weighted by molar-refractivity contribution is 6.58. The molecule has 1 aromatic rings. The van der Waals surface area contributed by atoms with Crippen molar-refractivity contribution in [3.8, 4) is 0 Å². The summed E-state index contributed by atoms with van der Waals surface area (Å²) in [6, 6.07) is 11.3. The number of alkyl halides is 1. The third-order valence-corrected chi connectivity index (χ3v) is 9.94. The van der Waals surface area contributed by atoms with Crippen LogP contribution in [0.1, 0.15) is 56.4 Å². The lowest BCUT2D eigenvalue weighted by Crippen LogP contribution is -2.28. The largest absolute Gasteiger partial charge is 0.251 e. The third kappa shape index (κ3) is 4.65. The monoisotopic (exact) mass is 336 g/mol. The highest BCUT2D eigenvalue weighted by Gasteiger charge is 2.31. The molecule has 1 aliphatic carbocycles. The Morgan fingerprint density at radius 2 is 1.48 bits per heavy atom. The average molecular weight is 337 g/mol. The van der Waals surface area contributed by atoms with E-state index >= 15 is 0 Å². The first-order chi connectivity index (χ1) is 11.3. The van der Waals surface area contributed by atoms with Crippen molar-refractivity contribution in [1.29, 1.82) is 0 Å². The molecule has 2 aliphatic rings. The summed E-state index contributed by atoms with van der Waals surface area (Å²) in [5.74, 6) is 2.37. The second kappa shape index (κ2) is 8.41. The van der Waals surface area contributed by atoms with Crippen LogP contribution in [-0.2, 0) is 0 Å². The molecule has 0 atom stereocenters. The summed E-state index contributed by atoms with van der Waals surface area (Å²) in [6.07, 6.45) is 8.92. The lowest BCUT2D eigenvalue weighted by atomic mass is 9.72. The molecule has 0 aromatic heterocycles. The summed E-state index contributed by atoms with van der Waals surface area (Å²) in [5.41, 5.74) is 1.33. The van der Waals surface area contributed by atoms with Gasteiger partial charge in [0.1, 0.15) is 5.82 Å². The molecule has 0 spiro atoms. The van der Waals surface area contributed by atoms with E-state index in [9.17, 15) is 8.78 Å². The molecule has 0 bridgehead atoms. The molecule has 0 nitrogen and oxygen atoms in total. The van der Waals surface area contributed by atoms with Gasteiger partial charge in [0.05, 0.1) is 6.67 Å². The number of rotatable bonds is 5.